The smallest absolute Gasteiger partial charge is 0.0148 e. The van der Waals surface area contributed by atoms with Gasteiger partial charge in [0.1, 0.15) is 0 Å². The van der Waals surface area contributed by atoms with Gasteiger partial charge in [0.25, 0.3) is 0 Å². The van der Waals surface area contributed by atoms with Crippen molar-refractivity contribution in [2.45, 2.75) is 13.8 Å². The molecule has 0 aliphatic carbocycles. The molecule has 0 aliphatic heterocycles. The fourth-order valence-corrected chi connectivity index (χ4v) is 2.69. The number of hydrogen-bond acceptors (Lipinski definition) is 0. The largest absolute Gasteiger partial charge is 0.0622 e. The fourth-order valence-electron chi connectivity index (χ4n) is 2.69. The first-order valence-corrected chi connectivity index (χ1v) is 6.98. The van der Waals surface area contributed by atoms with E-state index in [9.17, 15) is 0 Å². The Morgan fingerprint density at radius 3 is 1.85 bits per heavy atom. The first-order chi connectivity index (χ1) is 9.75. The van der Waals surface area contributed by atoms with Crippen molar-refractivity contribution in [3.8, 4) is 22.3 Å². The SMILES string of the molecule is Cc1cccc(-c2cccc(-c3ccccc3)c2C)c1. The minimum atomic E-state index is 1.28. The quantitative estimate of drug-likeness (QED) is 0.558. The van der Waals surface area contributed by atoms with Crippen molar-refractivity contribution in [2.75, 3.05) is 0 Å². The monoisotopic (exact) mass is 258 g/mol. The Labute approximate surface area is 120 Å². The van der Waals surface area contributed by atoms with Gasteiger partial charge in [-0.15, -0.1) is 0 Å². The molecule has 0 heteroatoms. The Kier molecular flexibility index (Phi) is 3.39. The van der Waals surface area contributed by atoms with Crippen LogP contribution < -0.4 is 0 Å². The Bertz CT molecular complexity index is 724. The molecule has 0 amide bonds. The van der Waals surface area contributed by atoms with Gasteiger partial charge >= 0.3 is 0 Å². The molecular weight excluding hydrogens is 240 g/mol. The van der Waals surface area contributed by atoms with Crippen molar-refractivity contribution in [3.63, 3.8) is 0 Å². The lowest BCUT2D eigenvalue weighted by molar-refractivity contribution is 1.42. The minimum absolute atomic E-state index is 1.28. The van der Waals surface area contributed by atoms with Crippen LogP contribution in [0.4, 0.5) is 0 Å². The van der Waals surface area contributed by atoms with E-state index in [4.69, 9.17) is 0 Å². The first-order valence-electron chi connectivity index (χ1n) is 6.98. The van der Waals surface area contributed by atoms with Gasteiger partial charge in [-0.25, -0.2) is 0 Å². The van der Waals surface area contributed by atoms with Crippen molar-refractivity contribution in [1.29, 1.82) is 0 Å². The van der Waals surface area contributed by atoms with E-state index in [-0.39, 0.29) is 0 Å². The van der Waals surface area contributed by atoms with Crippen LogP contribution in [-0.4, -0.2) is 0 Å². The van der Waals surface area contributed by atoms with E-state index < -0.39 is 0 Å². The molecule has 0 saturated carbocycles. The number of hydrogen-bond donors (Lipinski definition) is 0. The topological polar surface area (TPSA) is 0 Å². The molecule has 0 fully saturated rings. The fraction of sp³-hybridized carbons (Fsp3) is 0.100. The molecule has 0 bridgehead atoms. The summed E-state index contributed by atoms with van der Waals surface area (Å²) in [5.41, 5.74) is 7.83. The van der Waals surface area contributed by atoms with Crippen molar-refractivity contribution < 1.29 is 0 Å². The van der Waals surface area contributed by atoms with Gasteiger partial charge in [0.2, 0.25) is 0 Å². The zero-order chi connectivity index (χ0) is 13.9. The van der Waals surface area contributed by atoms with Gasteiger partial charge in [0, 0.05) is 0 Å². The lowest BCUT2D eigenvalue weighted by Gasteiger charge is -2.12. The molecule has 0 unspecified atom stereocenters. The van der Waals surface area contributed by atoms with Crippen molar-refractivity contribution in [2.24, 2.45) is 0 Å². The molecule has 0 nitrogen and oxygen atoms in total. The Morgan fingerprint density at radius 2 is 1.15 bits per heavy atom. The highest BCUT2D eigenvalue weighted by Crippen LogP contribution is 2.31. The molecule has 3 aromatic carbocycles. The van der Waals surface area contributed by atoms with Crippen LogP contribution in [0.25, 0.3) is 22.3 Å². The summed E-state index contributed by atoms with van der Waals surface area (Å²) in [6, 6.07) is 25.8. The van der Waals surface area contributed by atoms with E-state index in [1.165, 1.54) is 33.4 Å². The number of benzene rings is 3. The van der Waals surface area contributed by atoms with Gasteiger partial charge in [0.15, 0.2) is 0 Å². The number of rotatable bonds is 2. The van der Waals surface area contributed by atoms with E-state index in [2.05, 4.69) is 86.6 Å². The summed E-state index contributed by atoms with van der Waals surface area (Å²) in [5, 5.41) is 0. The van der Waals surface area contributed by atoms with Crippen LogP contribution in [0.5, 0.6) is 0 Å². The van der Waals surface area contributed by atoms with Crippen LogP contribution in [0.15, 0.2) is 72.8 Å². The highest BCUT2D eigenvalue weighted by Gasteiger charge is 2.07. The Balaban J connectivity index is 2.15. The molecule has 0 atom stereocenters. The van der Waals surface area contributed by atoms with Gasteiger partial charge < -0.3 is 0 Å². The molecule has 0 aliphatic rings. The second-order valence-corrected chi connectivity index (χ2v) is 5.21. The molecular formula is C20H18. The third-order valence-electron chi connectivity index (χ3n) is 3.75. The van der Waals surface area contributed by atoms with E-state index in [1.807, 2.05) is 0 Å². The molecule has 0 saturated heterocycles. The zero-order valence-corrected chi connectivity index (χ0v) is 11.9. The number of aryl methyl sites for hydroxylation is 1. The van der Waals surface area contributed by atoms with Crippen molar-refractivity contribution >= 4 is 0 Å². The summed E-state index contributed by atoms with van der Waals surface area (Å²) in [4.78, 5) is 0. The normalized spacial score (nSPS) is 10.5. The van der Waals surface area contributed by atoms with E-state index in [0.717, 1.165) is 0 Å². The third kappa shape index (κ3) is 2.37. The Morgan fingerprint density at radius 1 is 0.550 bits per heavy atom. The van der Waals surface area contributed by atoms with Gasteiger partial charge in [0.05, 0.1) is 0 Å². The highest BCUT2D eigenvalue weighted by molar-refractivity contribution is 5.78. The molecule has 0 radical (unpaired) electrons. The average Bonchev–Trinajstić information content (AvgIpc) is 2.48. The predicted molar refractivity (Wildman–Crippen MR) is 86.8 cm³/mol. The summed E-state index contributed by atoms with van der Waals surface area (Å²) in [5.74, 6) is 0. The van der Waals surface area contributed by atoms with Crippen LogP contribution in [0.1, 0.15) is 11.1 Å². The molecule has 98 valence electrons. The summed E-state index contributed by atoms with van der Waals surface area (Å²) in [6.07, 6.45) is 0. The van der Waals surface area contributed by atoms with E-state index >= 15 is 0 Å². The maximum absolute atomic E-state index is 2.25. The first kappa shape index (κ1) is 12.7. The lowest BCUT2D eigenvalue weighted by Crippen LogP contribution is -1.88. The van der Waals surface area contributed by atoms with Gasteiger partial charge in [-0.3, -0.25) is 0 Å². The minimum Gasteiger partial charge on any atom is -0.0622 e. The summed E-state index contributed by atoms with van der Waals surface area (Å²) >= 11 is 0. The lowest BCUT2D eigenvalue weighted by atomic mass is 9.92. The van der Waals surface area contributed by atoms with Gasteiger partial charge in [-0.1, -0.05) is 78.4 Å². The molecule has 0 heterocycles. The molecule has 20 heavy (non-hydrogen) atoms. The Hall–Kier alpha value is -2.34. The summed E-state index contributed by atoms with van der Waals surface area (Å²) in [7, 11) is 0. The second-order valence-electron chi connectivity index (χ2n) is 5.21. The molecule has 0 aromatic heterocycles. The molecule has 3 rings (SSSR count). The summed E-state index contributed by atoms with van der Waals surface area (Å²) < 4.78 is 0. The standard InChI is InChI=1S/C20H18/c1-15-8-6-11-18(14-15)20-13-7-12-19(16(20)2)17-9-4-3-5-10-17/h3-14H,1-2H3. The maximum atomic E-state index is 2.25. The summed E-state index contributed by atoms with van der Waals surface area (Å²) in [6.45, 7) is 4.35. The van der Waals surface area contributed by atoms with Crippen molar-refractivity contribution in [3.05, 3.63) is 83.9 Å². The van der Waals surface area contributed by atoms with Crippen LogP contribution in [-0.2, 0) is 0 Å². The van der Waals surface area contributed by atoms with Crippen LogP contribution in [0.2, 0.25) is 0 Å². The van der Waals surface area contributed by atoms with E-state index in [1.54, 1.807) is 0 Å². The molecule has 0 N–H and O–H groups in total. The van der Waals surface area contributed by atoms with Crippen LogP contribution in [0.3, 0.4) is 0 Å². The third-order valence-corrected chi connectivity index (χ3v) is 3.75. The molecule has 0 spiro atoms. The maximum Gasteiger partial charge on any atom is -0.0148 e. The average molecular weight is 258 g/mol. The zero-order valence-electron chi connectivity index (χ0n) is 11.9. The van der Waals surface area contributed by atoms with E-state index in [0.29, 0.717) is 0 Å². The molecule has 3 aromatic rings. The highest BCUT2D eigenvalue weighted by atomic mass is 14.1. The second kappa shape index (κ2) is 5.34. The van der Waals surface area contributed by atoms with Gasteiger partial charge in [-0.05, 0) is 41.7 Å². The van der Waals surface area contributed by atoms with Gasteiger partial charge in [-0.2, -0.15) is 0 Å². The van der Waals surface area contributed by atoms with Crippen molar-refractivity contribution in [1.82, 2.24) is 0 Å². The van der Waals surface area contributed by atoms with Crippen LogP contribution in [0, 0.1) is 13.8 Å². The predicted octanol–water partition coefficient (Wildman–Crippen LogP) is 5.64. The van der Waals surface area contributed by atoms with Crippen LogP contribution >= 0.6 is 0 Å².